The van der Waals surface area contributed by atoms with Crippen LogP contribution < -0.4 is 15.4 Å². The largest absolute Gasteiger partial charge is 0.496 e. The Kier molecular flexibility index (Phi) is 4.83. The second kappa shape index (κ2) is 7.21. The average molecular weight is 339 g/mol. The number of rotatable bonds is 5. The number of amides is 2. The number of nitrogens with one attached hydrogen (secondary N) is 2. The molecule has 0 aliphatic carbocycles. The van der Waals surface area contributed by atoms with Crippen molar-refractivity contribution in [2.45, 2.75) is 19.5 Å². The highest BCUT2D eigenvalue weighted by molar-refractivity contribution is 5.89. The molecule has 25 heavy (non-hydrogen) atoms. The van der Waals surface area contributed by atoms with Crippen molar-refractivity contribution >= 4 is 16.8 Å². The Labute approximate surface area is 146 Å². The normalized spacial score (nSPS) is 12.0. The molecule has 0 aliphatic rings. The number of aryl methyl sites for hydroxylation is 1. The predicted octanol–water partition coefficient (Wildman–Crippen LogP) is 2.54. The maximum Gasteiger partial charge on any atom is 0.315 e. The van der Waals surface area contributed by atoms with Crippen molar-refractivity contribution in [2.75, 3.05) is 7.11 Å². The number of hydrogen-bond acceptors (Lipinski definition) is 4. The molecule has 0 saturated heterocycles. The Bertz CT molecular complexity index is 890. The Morgan fingerprint density at radius 1 is 1.32 bits per heavy atom. The molecule has 7 nitrogen and oxygen atoms in total. The van der Waals surface area contributed by atoms with Crippen molar-refractivity contribution < 1.29 is 9.53 Å². The summed E-state index contributed by atoms with van der Waals surface area (Å²) in [5, 5.41) is 15.5. The van der Waals surface area contributed by atoms with Crippen LogP contribution in [-0.4, -0.2) is 28.1 Å². The summed E-state index contributed by atoms with van der Waals surface area (Å²) >= 11 is 0. The molecule has 0 spiro atoms. The molecule has 1 unspecified atom stereocenters. The fourth-order valence-electron chi connectivity index (χ4n) is 2.69. The standard InChI is InChI=1S/C18H21N5O2/c1-12(21-18(24)19-10-15-11-20-22-23(15)2)14-8-13-6-4-5-7-16(13)17(9-14)25-3/h4-9,11-12H,10H2,1-3H3,(H2,19,21,24). The lowest BCUT2D eigenvalue weighted by molar-refractivity contribution is 0.237. The van der Waals surface area contributed by atoms with Gasteiger partial charge in [0.25, 0.3) is 0 Å². The predicted molar refractivity (Wildman–Crippen MR) is 95.3 cm³/mol. The summed E-state index contributed by atoms with van der Waals surface area (Å²) in [5.41, 5.74) is 1.81. The van der Waals surface area contributed by atoms with E-state index in [0.717, 1.165) is 27.8 Å². The zero-order valence-corrected chi connectivity index (χ0v) is 14.5. The summed E-state index contributed by atoms with van der Waals surface area (Å²) in [6.45, 7) is 2.30. The number of carbonyl (C=O) groups excluding carboxylic acids is 1. The van der Waals surface area contributed by atoms with Gasteiger partial charge in [-0.05, 0) is 30.0 Å². The van der Waals surface area contributed by atoms with E-state index in [9.17, 15) is 4.79 Å². The second-order valence-corrected chi connectivity index (χ2v) is 5.84. The lowest BCUT2D eigenvalue weighted by atomic mass is 10.0. The van der Waals surface area contributed by atoms with E-state index in [1.807, 2.05) is 37.3 Å². The lowest BCUT2D eigenvalue weighted by Gasteiger charge is -2.17. The molecule has 1 heterocycles. The van der Waals surface area contributed by atoms with Crippen LogP contribution in [0.4, 0.5) is 4.79 Å². The van der Waals surface area contributed by atoms with Crippen molar-refractivity contribution in [3.8, 4) is 5.75 Å². The van der Waals surface area contributed by atoms with Gasteiger partial charge >= 0.3 is 6.03 Å². The average Bonchev–Trinajstić information content (AvgIpc) is 3.03. The minimum atomic E-state index is -0.249. The first kappa shape index (κ1) is 16.8. The smallest absolute Gasteiger partial charge is 0.315 e. The molecule has 2 N–H and O–H groups in total. The molecule has 2 amide bonds. The highest BCUT2D eigenvalue weighted by Gasteiger charge is 2.13. The van der Waals surface area contributed by atoms with E-state index < -0.39 is 0 Å². The molecule has 0 fully saturated rings. The van der Waals surface area contributed by atoms with Crippen LogP contribution in [0.1, 0.15) is 24.2 Å². The monoisotopic (exact) mass is 339 g/mol. The number of nitrogens with zero attached hydrogens (tertiary/aromatic N) is 3. The molecule has 7 heteroatoms. The number of fused-ring (bicyclic) bond motifs is 1. The summed E-state index contributed by atoms with van der Waals surface area (Å²) in [7, 11) is 3.43. The Morgan fingerprint density at radius 2 is 2.12 bits per heavy atom. The maximum absolute atomic E-state index is 12.1. The molecule has 0 bridgehead atoms. The molecule has 3 aromatic rings. The summed E-state index contributed by atoms with van der Waals surface area (Å²) in [6.07, 6.45) is 1.62. The third-order valence-electron chi connectivity index (χ3n) is 4.15. The van der Waals surface area contributed by atoms with Gasteiger partial charge < -0.3 is 15.4 Å². The molecule has 0 aliphatic heterocycles. The summed E-state index contributed by atoms with van der Waals surface area (Å²) < 4.78 is 7.11. The van der Waals surface area contributed by atoms with E-state index in [0.29, 0.717) is 6.54 Å². The molecular weight excluding hydrogens is 318 g/mol. The quantitative estimate of drug-likeness (QED) is 0.748. The first-order valence-electron chi connectivity index (χ1n) is 8.03. The Hall–Kier alpha value is -3.09. The van der Waals surface area contributed by atoms with Gasteiger partial charge in [0.1, 0.15) is 5.75 Å². The molecule has 3 rings (SSSR count). The van der Waals surface area contributed by atoms with Crippen LogP contribution in [0.25, 0.3) is 10.8 Å². The van der Waals surface area contributed by atoms with E-state index in [1.54, 1.807) is 25.0 Å². The number of ether oxygens (including phenoxy) is 1. The van der Waals surface area contributed by atoms with Crippen LogP contribution in [0.2, 0.25) is 0 Å². The van der Waals surface area contributed by atoms with E-state index in [1.165, 1.54) is 0 Å². The first-order valence-corrected chi connectivity index (χ1v) is 8.03. The Balaban J connectivity index is 1.70. The number of carbonyl (C=O) groups is 1. The van der Waals surface area contributed by atoms with E-state index in [2.05, 4.69) is 27.0 Å². The Morgan fingerprint density at radius 3 is 2.84 bits per heavy atom. The van der Waals surface area contributed by atoms with Crippen molar-refractivity contribution in [1.29, 1.82) is 0 Å². The van der Waals surface area contributed by atoms with Crippen LogP contribution in [0.5, 0.6) is 5.75 Å². The highest BCUT2D eigenvalue weighted by atomic mass is 16.5. The third-order valence-corrected chi connectivity index (χ3v) is 4.15. The van der Waals surface area contributed by atoms with E-state index in [-0.39, 0.29) is 12.1 Å². The maximum atomic E-state index is 12.1. The number of urea groups is 1. The van der Waals surface area contributed by atoms with Crippen molar-refractivity contribution in [2.24, 2.45) is 7.05 Å². The van der Waals surface area contributed by atoms with Crippen LogP contribution >= 0.6 is 0 Å². The van der Waals surface area contributed by atoms with Crippen molar-refractivity contribution in [3.05, 3.63) is 53.9 Å². The number of aromatic nitrogens is 3. The lowest BCUT2D eigenvalue weighted by Crippen LogP contribution is -2.37. The summed E-state index contributed by atoms with van der Waals surface area (Å²) in [4.78, 5) is 12.1. The van der Waals surface area contributed by atoms with Gasteiger partial charge in [0.05, 0.1) is 31.6 Å². The number of hydrogen-bond donors (Lipinski definition) is 2. The first-order chi connectivity index (χ1) is 12.1. The van der Waals surface area contributed by atoms with E-state index >= 15 is 0 Å². The summed E-state index contributed by atoms with van der Waals surface area (Å²) in [5.74, 6) is 0.795. The van der Waals surface area contributed by atoms with Crippen LogP contribution in [-0.2, 0) is 13.6 Å². The highest BCUT2D eigenvalue weighted by Crippen LogP contribution is 2.29. The molecule has 130 valence electrons. The minimum Gasteiger partial charge on any atom is -0.496 e. The number of benzene rings is 2. The zero-order valence-electron chi connectivity index (χ0n) is 14.5. The molecule has 0 radical (unpaired) electrons. The van der Waals surface area contributed by atoms with Gasteiger partial charge in [-0.25, -0.2) is 4.79 Å². The van der Waals surface area contributed by atoms with Gasteiger partial charge in [-0.2, -0.15) is 0 Å². The molecular formula is C18H21N5O2. The van der Waals surface area contributed by atoms with E-state index in [4.69, 9.17) is 4.74 Å². The molecule has 2 aromatic carbocycles. The van der Waals surface area contributed by atoms with Crippen molar-refractivity contribution in [3.63, 3.8) is 0 Å². The topological polar surface area (TPSA) is 81.1 Å². The van der Waals surface area contributed by atoms with Gasteiger partial charge in [0.2, 0.25) is 0 Å². The van der Waals surface area contributed by atoms with Gasteiger partial charge in [0, 0.05) is 12.4 Å². The summed E-state index contributed by atoms with van der Waals surface area (Å²) in [6, 6.07) is 11.6. The van der Waals surface area contributed by atoms with Gasteiger partial charge in [-0.15, -0.1) is 5.10 Å². The molecule has 1 atom stereocenters. The molecule has 0 saturated carbocycles. The van der Waals surface area contributed by atoms with Crippen LogP contribution in [0.15, 0.2) is 42.6 Å². The zero-order chi connectivity index (χ0) is 17.8. The molecule has 1 aromatic heterocycles. The van der Waals surface area contributed by atoms with Gasteiger partial charge in [-0.1, -0.05) is 29.5 Å². The van der Waals surface area contributed by atoms with Gasteiger partial charge in [-0.3, -0.25) is 4.68 Å². The third kappa shape index (κ3) is 3.71. The minimum absolute atomic E-state index is 0.164. The fourth-order valence-corrected chi connectivity index (χ4v) is 2.69. The second-order valence-electron chi connectivity index (χ2n) is 5.84. The SMILES string of the molecule is COc1cc(C(C)NC(=O)NCc2cnnn2C)cc2ccccc12. The van der Waals surface area contributed by atoms with Gasteiger partial charge in [0.15, 0.2) is 0 Å². The number of methoxy groups -OCH3 is 1. The fraction of sp³-hybridized carbons (Fsp3) is 0.278. The van der Waals surface area contributed by atoms with Crippen molar-refractivity contribution in [1.82, 2.24) is 25.6 Å². The van der Waals surface area contributed by atoms with Crippen LogP contribution in [0.3, 0.4) is 0 Å². The van der Waals surface area contributed by atoms with Crippen LogP contribution in [0, 0.1) is 0 Å².